The van der Waals surface area contributed by atoms with E-state index in [2.05, 4.69) is 28.2 Å². The van der Waals surface area contributed by atoms with Crippen molar-refractivity contribution < 1.29 is 14.3 Å². The molecule has 0 aromatic heterocycles. The van der Waals surface area contributed by atoms with Gasteiger partial charge in [0, 0.05) is 49.3 Å². The Kier molecular flexibility index (Phi) is 4.58. The first kappa shape index (κ1) is 16.9. The maximum absolute atomic E-state index is 12.1. The Bertz CT molecular complexity index is 619. The van der Waals surface area contributed by atoms with E-state index in [0.29, 0.717) is 0 Å². The van der Waals surface area contributed by atoms with Crippen molar-refractivity contribution in [2.45, 2.75) is 32.8 Å². The lowest BCUT2D eigenvalue weighted by atomic mass is 10.1. The molecule has 1 aromatic carbocycles. The van der Waals surface area contributed by atoms with E-state index in [0.717, 1.165) is 45.0 Å². The zero-order valence-electron chi connectivity index (χ0n) is 15.0. The van der Waals surface area contributed by atoms with Crippen LogP contribution in [0.1, 0.15) is 26.3 Å². The molecule has 2 aliphatic rings. The first-order chi connectivity index (χ1) is 11.3. The second-order valence-corrected chi connectivity index (χ2v) is 7.39. The van der Waals surface area contributed by atoms with Crippen molar-refractivity contribution in [3.05, 3.63) is 17.7 Å². The van der Waals surface area contributed by atoms with E-state index in [9.17, 15) is 4.79 Å². The summed E-state index contributed by atoms with van der Waals surface area (Å²) in [6.07, 6.45) is 0.613. The van der Waals surface area contributed by atoms with Gasteiger partial charge < -0.3 is 19.3 Å². The monoisotopic (exact) mass is 333 g/mol. The number of carbonyl (C=O) groups excluding carboxylic acids is 1. The van der Waals surface area contributed by atoms with Gasteiger partial charge in [0.25, 0.3) is 0 Å². The molecule has 0 saturated carbocycles. The second kappa shape index (κ2) is 6.51. The van der Waals surface area contributed by atoms with Gasteiger partial charge >= 0.3 is 6.09 Å². The summed E-state index contributed by atoms with van der Waals surface area (Å²) in [5, 5.41) is 2.88. The van der Waals surface area contributed by atoms with Gasteiger partial charge in [0.1, 0.15) is 5.60 Å². The van der Waals surface area contributed by atoms with Gasteiger partial charge in [-0.05, 0) is 39.3 Å². The minimum absolute atomic E-state index is 0.420. The first-order valence-corrected chi connectivity index (χ1v) is 8.54. The summed E-state index contributed by atoms with van der Waals surface area (Å²) < 4.78 is 10.8. The fourth-order valence-corrected chi connectivity index (χ4v) is 3.22. The molecule has 0 atom stereocenters. The van der Waals surface area contributed by atoms with E-state index in [4.69, 9.17) is 9.47 Å². The Morgan fingerprint density at radius 3 is 2.50 bits per heavy atom. The highest BCUT2D eigenvalue weighted by Gasteiger charge is 2.25. The minimum Gasteiger partial charge on any atom is -0.444 e. The number of amides is 1. The lowest BCUT2D eigenvalue weighted by Crippen LogP contribution is -2.36. The van der Waals surface area contributed by atoms with Gasteiger partial charge in [-0.2, -0.15) is 0 Å². The Morgan fingerprint density at radius 2 is 1.83 bits per heavy atom. The molecule has 0 unspecified atom stereocenters. The van der Waals surface area contributed by atoms with Gasteiger partial charge in [0.15, 0.2) is 0 Å². The van der Waals surface area contributed by atoms with Gasteiger partial charge in [-0.25, -0.2) is 4.79 Å². The number of hydrogen-bond acceptors (Lipinski definition) is 5. The highest BCUT2D eigenvalue weighted by atomic mass is 16.6. The number of hydrogen-bond donors (Lipinski definition) is 1. The highest BCUT2D eigenvalue weighted by molar-refractivity contribution is 5.88. The van der Waals surface area contributed by atoms with Crippen LogP contribution >= 0.6 is 0 Å². The Morgan fingerprint density at radius 1 is 1.17 bits per heavy atom. The van der Waals surface area contributed by atoms with Crippen LogP contribution in [-0.2, 0) is 15.9 Å². The lowest BCUT2D eigenvalue weighted by Gasteiger charge is -2.31. The topological polar surface area (TPSA) is 54.0 Å². The third-order valence-electron chi connectivity index (χ3n) is 4.31. The summed E-state index contributed by atoms with van der Waals surface area (Å²) in [5.74, 6) is 0. The highest BCUT2D eigenvalue weighted by Crippen LogP contribution is 2.38. The molecule has 2 heterocycles. The van der Waals surface area contributed by atoms with Gasteiger partial charge in [0.05, 0.1) is 13.2 Å². The van der Waals surface area contributed by atoms with Crippen LogP contribution in [0.5, 0.6) is 0 Å². The predicted octanol–water partition coefficient (Wildman–Crippen LogP) is 2.86. The van der Waals surface area contributed by atoms with Gasteiger partial charge in [-0.15, -0.1) is 0 Å². The van der Waals surface area contributed by atoms with Crippen molar-refractivity contribution in [2.75, 3.05) is 55.0 Å². The number of rotatable bonds is 2. The van der Waals surface area contributed by atoms with Crippen molar-refractivity contribution in [1.82, 2.24) is 0 Å². The molecule has 1 saturated heterocycles. The third-order valence-corrected chi connectivity index (χ3v) is 4.31. The van der Waals surface area contributed by atoms with Crippen LogP contribution < -0.4 is 15.1 Å². The molecular weight excluding hydrogens is 306 g/mol. The third kappa shape index (κ3) is 3.75. The zero-order valence-corrected chi connectivity index (χ0v) is 15.0. The quantitative estimate of drug-likeness (QED) is 0.902. The Hall–Kier alpha value is -1.95. The SMILES string of the molecule is CN1CCc2c1cc(NC(=O)OC(C)(C)C)cc2N1CCOCC1. The summed E-state index contributed by atoms with van der Waals surface area (Å²) >= 11 is 0. The van der Waals surface area contributed by atoms with E-state index in [-0.39, 0.29) is 0 Å². The molecule has 24 heavy (non-hydrogen) atoms. The maximum atomic E-state index is 12.1. The molecular formula is C18H27N3O3. The van der Waals surface area contributed by atoms with Crippen LogP contribution in [-0.4, -0.2) is 51.6 Å². The molecule has 6 heteroatoms. The minimum atomic E-state index is -0.509. The summed E-state index contributed by atoms with van der Waals surface area (Å²) in [5.41, 5.74) is 4.01. The summed E-state index contributed by atoms with van der Waals surface area (Å²) in [7, 11) is 2.09. The molecule has 6 nitrogen and oxygen atoms in total. The zero-order chi connectivity index (χ0) is 17.3. The van der Waals surface area contributed by atoms with Crippen LogP contribution in [0.2, 0.25) is 0 Å². The van der Waals surface area contributed by atoms with Crippen LogP contribution in [0, 0.1) is 0 Å². The number of anilines is 3. The van der Waals surface area contributed by atoms with Gasteiger partial charge in [-0.1, -0.05) is 0 Å². The number of carbonyl (C=O) groups is 1. The van der Waals surface area contributed by atoms with Crippen molar-refractivity contribution in [2.24, 2.45) is 0 Å². The Balaban J connectivity index is 1.87. The predicted molar refractivity (Wildman–Crippen MR) is 96.3 cm³/mol. The number of ether oxygens (including phenoxy) is 2. The molecule has 3 rings (SSSR count). The van der Waals surface area contributed by atoms with Crippen LogP contribution in [0.15, 0.2) is 12.1 Å². The molecule has 132 valence electrons. The first-order valence-electron chi connectivity index (χ1n) is 8.54. The van der Waals surface area contributed by atoms with Crippen LogP contribution in [0.4, 0.5) is 21.9 Å². The fraction of sp³-hybridized carbons (Fsp3) is 0.611. The average Bonchev–Trinajstić information content (AvgIpc) is 2.87. The molecule has 0 bridgehead atoms. The summed E-state index contributed by atoms with van der Waals surface area (Å²) in [4.78, 5) is 16.7. The van der Waals surface area contributed by atoms with Crippen molar-refractivity contribution in [3.8, 4) is 0 Å². The maximum Gasteiger partial charge on any atom is 0.412 e. The van der Waals surface area contributed by atoms with Crippen molar-refractivity contribution >= 4 is 23.2 Å². The smallest absolute Gasteiger partial charge is 0.412 e. The van der Waals surface area contributed by atoms with Crippen LogP contribution in [0.25, 0.3) is 0 Å². The summed E-state index contributed by atoms with van der Waals surface area (Å²) in [6, 6.07) is 4.10. The molecule has 2 aliphatic heterocycles. The summed E-state index contributed by atoms with van der Waals surface area (Å²) in [6.45, 7) is 9.84. The molecule has 0 spiro atoms. The number of likely N-dealkylation sites (N-methyl/N-ethyl adjacent to an activating group) is 1. The van der Waals surface area contributed by atoms with Gasteiger partial charge in [-0.3, -0.25) is 5.32 Å². The molecule has 0 radical (unpaired) electrons. The van der Waals surface area contributed by atoms with Gasteiger partial charge in [0.2, 0.25) is 0 Å². The molecule has 0 aliphatic carbocycles. The van der Waals surface area contributed by atoms with Crippen molar-refractivity contribution in [1.29, 1.82) is 0 Å². The number of nitrogens with one attached hydrogen (secondary N) is 1. The average molecular weight is 333 g/mol. The van der Waals surface area contributed by atoms with E-state index in [1.807, 2.05) is 26.8 Å². The molecule has 1 amide bonds. The van der Waals surface area contributed by atoms with E-state index in [1.54, 1.807) is 0 Å². The van der Waals surface area contributed by atoms with E-state index < -0.39 is 11.7 Å². The van der Waals surface area contributed by atoms with E-state index in [1.165, 1.54) is 16.9 Å². The lowest BCUT2D eigenvalue weighted by molar-refractivity contribution is 0.0636. The number of nitrogens with zero attached hydrogens (tertiary/aromatic N) is 2. The fourth-order valence-electron chi connectivity index (χ4n) is 3.22. The van der Waals surface area contributed by atoms with E-state index >= 15 is 0 Å². The Labute approximate surface area is 143 Å². The largest absolute Gasteiger partial charge is 0.444 e. The number of fused-ring (bicyclic) bond motifs is 1. The molecule has 1 aromatic rings. The normalized spacial score (nSPS) is 17.7. The van der Waals surface area contributed by atoms with Crippen molar-refractivity contribution in [3.63, 3.8) is 0 Å². The number of morpholine rings is 1. The second-order valence-electron chi connectivity index (χ2n) is 7.39. The molecule has 1 N–H and O–H groups in total. The number of benzene rings is 1. The molecule has 1 fully saturated rings. The van der Waals surface area contributed by atoms with Crippen LogP contribution in [0.3, 0.4) is 0 Å². The standard InChI is InChI=1S/C18H27N3O3/c1-18(2,3)24-17(22)19-13-11-15-14(5-6-20(15)4)16(12-13)21-7-9-23-10-8-21/h11-12H,5-10H2,1-4H3,(H,19,22).